The van der Waals surface area contributed by atoms with E-state index in [0.29, 0.717) is 17.0 Å². The molecule has 0 unspecified atom stereocenters. The number of aliphatic carboxylic acids is 1. The molecule has 14 nitrogen and oxygen atoms in total. The number of amides is 5. The van der Waals surface area contributed by atoms with Crippen molar-refractivity contribution in [2.75, 3.05) is 12.4 Å². The highest BCUT2D eigenvalue weighted by atomic mass is 16.5. The van der Waals surface area contributed by atoms with Crippen molar-refractivity contribution >= 4 is 52.0 Å². The van der Waals surface area contributed by atoms with Crippen LogP contribution in [0.15, 0.2) is 60.7 Å². The number of nitrogens with one attached hydrogen (secondary N) is 5. The number of fused-ring (bicyclic) bond motifs is 1. The van der Waals surface area contributed by atoms with Crippen LogP contribution in [0, 0.1) is 17.8 Å². The Hall–Kier alpha value is -5.66. The number of rotatable bonds is 20. The number of carboxylic acid groups (broad SMARTS) is 1. The summed E-state index contributed by atoms with van der Waals surface area (Å²) in [5.41, 5.74) is 1.10. The molecule has 0 heterocycles. The van der Waals surface area contributed by atoms with Crippen LogP contribution in [0.3, 0.4) is 0 Å². The summed E-state index contributed by atoms with van der Waals surface area (Å²) >= 11 is 0. The van der Waals surface area contributed by atoms with Gasteiger partial charge in [0.1, 0.15) is 35.7 Å². The summed E-state index contributed by atoms with van der Waals surface area (Å²) in [6, 6.07) is 12.9. The third-order valence-electron chi connectivity index (χ3n) is 8.83. The highest BCUT2D eigenvalue weighted by Crippen LogP contribution is 2.30. The number of hydrogen-bond donors (Lipinski definition) is 7. The zero-order valence-electron chi connectivity index (χ0n) is 32.6. The SMILES string of the molecule is COc1cc(NC(=O)[C@H](Cc2ccc(O)cc2)NC(=O)[C@@H](NC(=O)[C@H](CC(C)C)NC(=O)[C@H](CC(C)C)NC(=O)CCC(=O)O)C(C)C)cc2ccccc12. The fourth-order valence-corrected chi connectivity index (χ4v) is 6.04. The van der Waals surface area contributed by atoms with Gasteiger partial charge in [-0.3, -0.25) is 28.8 Å². The van der Waals surface area contributed by atoms with Crippen molar-refractivity contribution in [3.05, 3.63) is 66.2 Å². The van der Waals surface area contributed by atoms with Crippen LogP contribution in [0.5, 0.6) is 11.5 Å². The van der Waals surface area contributed by atoms with Crippen LogP contribution >= 0.6 is 0 Å². The highest BCUT2D eigenvalue weighted by molar-refractivity contribution is 6.01. The van der Waals surface area contributed by atoms with Crippen LogP contribution in [0.4, 0.5) is 5.69 Å². The van der Waals surface area contributed by atoms with Crippen molar-refractivity contribution in [2.24, 2.45) is 17.8 Å². The van der Waals surface area contributed by atoms with Gasteiger partial charge in [0.05, 0.1) is 13.5 Å². The van der Waals surface area contributed by atoms with Gasteiger partial charge >= 0.3 is 5.97 Å². The molecule has 0 aromatic heterocycles. The van der Waals surface area contributed by atoms with Gasteiger partial charge in [-0.15, -0.1) is 0 Å². The second kappa shape index (κ2) is 20.7. The molecule has 14 heteroatoms. The summed E-state index contributed by atoms with van der Waals surface area (Å²) in [7, 11) is 1.53. The van der Waals surface area contributed by atoms with E-state index in [4.69, 9.17) is 9.84 Å². The number of phenolic OH excluding ortho intramolecular Hbond substituents is 1. The van der Waals surface area contributed by atoms with Crippen molar-refractivity contribution in [3.8, 4) is 11.5 Å². The number of phenols is 1. The predicted molar refractivity (Wildman–Crippen MR) is 209 cm³/mol. The summed E-state index contributed by atoms with van der Waals surface area (Å²) in [5.74, 6) is -4.06. The van der Waals surface area contributed by atoms with E-state index in [2.05, 4.69) is 26.6 Å². The predicted octanol–water partition coefficient (Wildman–Crippen LogP) is 4.29. The van der Waals surface area contributed by atoms with Crippen LogP contribution in [-0.4, -0.2) is 77.0 Å². The van der Waals surface area contributed by atoms with Crippen molar-refractivity contribution in [1.82, 2.24) is 21.3 Å². The van der Waals surface area contributed by atoms with E-state index in [9.17, 15) is 33.9 Å². The molecule has 5 amide bonds. The largest absolute Gasteiger partial charge is 0.508 e. The summed E-state index contributed by atoms with van der Waals surface area (Å²) in [6.45, 7) is 10.9. The Labute approximate surface area is 322 Å². The van der Waals surface area contributed by atoms with Crippen molar-refractivity contribution in [1.29, 1.82) is 0 Å². The lowest BCUT2D eigenvalue weighted by Crippen LogP contribution is -2.59. The Kier molecular flexibility index (Phi) is 16.5. The molecule has 0 saturated carbocycles. The standard InChI is InChI=1S/C41H55N5O9/c1-23(2)18-31(43-35(48)16-17-36(49)50)39(52)44-32(19-24(3)4)40(53)46-37(25(5)6)41(54)45-33(20-26-12-14-29(47)15-13-26)38(51)42-28-21-27-10-8-9-11-30(27)34(22-28)55-7/h8-15,21-25,31-33,37,47H,16-20H2,1-7H3,(H,42,51)(H,43,48)(H,44,52)(H,45,54)(H,46,53)(H,49,50)/t31-,32-,33-,37-/m0/s1. The molecule has 0 aliphatic rings. The number of anilines is 1. The Bertz CT molecular complexity index is 1810. The monoisotopic (exact) mass is 761 g/mol. The molecule has 3 aromatic carbocycles. The van der Waals surface area contributed by atoms with Gasteiger partial charge in [-0.05, 0) is 59.7 Å². The van der Waals surface area contributed by atoms with Gasteiger partial charge in [0, 0.05) is 30.0 Å². The van der Waals surface area contributed by atoms with Crippen molar-refractivity contribution < 1.29 is 43.7 Å². The zero-order valence-corrected chi connectivity index (χ0v) is 32.6. The van der Waals surface area contributed by atoms with Gasteiger partial charge in [-0.25, -0.2) is 0 Å². The first-order chi connectivity index (χ1) is 26.0. The summed E-state index contributed by atoms with van der Waals surface area (Å²) in [6.07, 6.45) is -0.182. The van der Waals surface area contributed by atoms with E-state index in [1.54, 1.807) is 38.1 Å². The number of carboxylic acids is 1. The lowest BCUT2D eigenvalue weighted by Gasteiger charge is -2.29. The molecule has 0 saturated heterocycles. The van der Waals surface area contributed by atoms with Crippen LogP contribution in [-0.2, 0) is 35.2 Å². The number of carbonyl (C=O) groups is 6. The first-order valence-corrected chi connectivity index (χ1v) is 18.5. The first-order valence-electron chi connectivity index (χ1n) is 18.5. The molecule has 0 aliphatic carbocycles. The number of hydrogen-bond acceptors (Lipinski definition) is 8. The minimum absolute atomic E-state index is 0.0168. The van der Waals surface area contributed by atoms with Crippen LogP contribution < -0.4 is 31.3 Å². The second-order valence-corrected chi connectivity index (χ2v) is 14.9. The molecule has 298 valence electrons. The summed E-state index contributed by atoms with van der Waals surface area (Å²) < 4.78 is 5.56. The fraction of sp³-hybridized carbons (Fsp3) is 0.463. The Morgan fingerprint density at radius 3 is 1.84 bits per heavy atom. The Morgan fingerprint density at radius 2 is 1.25 bits per heavy atom. The minimum Gasteiger partial charge on any atom is -0.508 e. The minimum atomic E-state index is -1.14. The van der Waals surface area contributed by atoms with Gasteiger partial charge in [0.2, 0.25) is 29.5 Å². The van der Waals surface area contributed by atoms with Gasteiger partial charge in [-0.2, -0.15) is 0 Å². The lowest BCUT2D eigenvalue weighted by molar-refractivity contribution is -0.139. The maximum atomic E-state index is 14.0. The highest BCUT2D eigenvalue weighted by Gasteiger charge is 2.33. The maximum absolute atomic E-state index is 14.0. The number of carbonyl (C=O) groups excluding carboxylic acids is 5. The number of methoxy groups -OCH3 is 1. The topological polar surface area (TPSA) is 212 Å². The molecule has 55 heavy (non-hydrogen) atoms. The molecule has 3 aromatic rings. The van der Waals surface area contributed by atoms with Gasteiger partial charge in [0.25, 0.3) is 0 Å². The van der Waals surface area contributed by atoms with Crippen molar-refractivity contribution in [3.63, 3.8) is 0 Å². The molecule has 0 spiro atoms. The second-order valence-electron chi connectivity index (χ2n) is 14.9. The molecular weight excluding hydrogens is 706 g/mol. The smallest absolute Gasteiger partial charge is 0.303 e. The van der Waals surface area contributed by atoms with Gasteiger partial charge in [0.15, 0.2) is 0 Å². The third kappa shape index (κ3) is 13.9. The first kappa shape index (κ1) is 43.7. The molecule has 0 radical (unpaired) electrons. The quantitative estimate of drug-likeness (QED) is 0.0874. The van der Waals surface area contributed by atoms with E-state index in [-0.39, 0.29) is 43.3 Å². The van der Waals surface area contributed by atoms with Crippen LogP contribution in [0.1, 0.15) is 72.8 Å². The van der Waals surface area contributed by atoms with E-state index < -0.39 is 72.0 Å². The van der Waals surface area contributed by atoms with E-state index in [1.165, 1.54) is 19.2 Å². The van der Waals surface area contributed by atoms with E-state index in [0.717, 1.165) is 10.8 Å². The molecule has 4 atom stereocenters. The van der Waals surface area contributed by atoms with Crippen LogP contribution in [0.2, 0.25) is 0 Å². The Morgan fingerprint density at radius 1 is 0.673 bits per heavy atom. The molecule has 0 bridgehead atoms. The molecule has 7 N–H and O–H groups in total. The zero-order chi connectivity index (χ0) is 40.8. The fourth-order valence-electron chi connectivity index (χ4n) is 6.04. The number of aromatic hydroxyl groups is 1. The summed E-state index contributed by atoms with van der Waals surface area (Å²) in [5, 5.41) is 34.3. The van der Waals surface area contributed by atoms with Gasteiger partial charge < -0.3 is 41.5 Å². The molecular formula is C41H55N5O9. The van der Waals surface area contributed by atoms with E-state index in [1.807, 2.05) is 52.0 Å². The van der Waals surface area contributed by atoms with Gasteiger partial charge in [-0.1, -0.05) is 77.9 Å². The Balaban J connectivity index is 1.84. The summed E-state index contributed by atoms with van der Waals surface area (Å²) in [4.78, 5) is 78.7. The average molecular weight is 762 g/mol. The maximum Gasteiger partial charge on any atom is 0.303 e. The number of ether oxygens (including phenoxy) is 1. The molecule has 0 aliphatic heterocycles. The van der Waals surface area contributed by atoms with E-state index >= 15 is 0 Å². The molecule has 0 fully saturated rings. The molecule has 3 rings (SSSR count). The van der Waals surface area contributed by atoms with Crippen LogP contribution in [0.25, 0.3) is 10.8 Å². The van der Waals surface area contributed by atoms with Crippen molar-refractivity contribution in [2.45, 2.75) is 97.8 Å². The lowest BCUT2D eigenvalue weighted by atomic mass is 9.98. The third-order valence-corrected chi connectivity index (χ3v) is 8.83. The normalized spacial score (nSPS) is 13.4. The number of benzene rings is 3. The average Bonchev–Trinajstić information content (AvgIpc) is 3.11.